The molecule has 0 radical (unpaired) electrons. The van der Waals surface area contributed by atoms with Gasteiger partial charge in [0, 0.05) is 23.9 Å². The molecule has 1 rings (SSSR count). The lowest BCUT2D eigenvalue weighted by atomic mass is 10.1. The number of carbonyl (C=O) groups is 1. The van der Waals surface area contributed by atoms with E-state index < -0.39 is 0 Å². The standard InChI is InChI=1S/C12H20N2OS/c1-3-10(13)8-12(15)14(4-2)9-11-6-5-7-16-11/h5-7,10H,3-4,8-9,13H2,1-2H3. The first kappa shape index (κ1) is 13.2. The van der Waals surface area contributed by atoms with Crippen molar-refractivity contribution < 1.29 is 4.79 Å². The molecule has 1 heterocycles. The van der Waals surface area contributed by atoms with E-state index in [1.54, 1.807) is 11.3 Å². The van der Waals surface area contributed by atoms with Gasteiger partial charge in [-0.05, 0) is 24.8 Å². The molecule has 0 spiro atoms. The molecule has 1 aromatic rings. The van der Waals surface area contributed by atoms with Crippen LogP contribution < -0.4 is 5.73 Å². The second-order valence-electron chi connectivity index (χ2n) is 3.86. The highest BCUT2D eigenvalue weighted by atomic mass is 32.1. The summed E-state index contributed by atoms with van der Waals surface area (Å²) >= 11 is 1.68. The van der Waals surface area contributed by atoms with Crippen LogP contribution in [0.25, 0.3) is 0 Å². The van der Waals surface area contributed by atoms with Gasteiger partial charge in [-0.25, -0.2) is 0 Å². The maximum absolute atomic E-state index is 11.9. The largest absolute Gasteiger partial charge is 0.338 e. The zero-order valence-corrected chi connectivity index (χ0v) is 10.8. The van der Waals surface area contributed by atoms with Gasteiger partial charge < -0.3 is 10.6 Å². The van der Waals surface area contributed by atoms with Gasteiger partial charge >= 0.3 is 0 Å². The summed E-state index contributed by atoms with van der Waals surface area (Å²) in [5.74, 6) is 0.158. The first-order valence-electron chi connectivity index (χ1n) is 5.73. The lowest BCUT2D eigenvalue weighted by Crippen LogP contribution is -2.35. The van der Waals surface area contributed by atoms with Gasteiger partial charge in [-0.1, -0.05) is 13.0 Å². The Morgan fingerprint density at radius 2 is 2.31 bits per heavy atom. The number of nitrogens with zero attached hydrogens (tertiary/aromatic N) is 1. The van der Waals surface area contributed by atoms with Gasteiger partial charge in [-0.3, -0.25) is 4.79 Å². The van der Waals surface area contributed by atoms with E-state index in [0.717, 1.165) is 13.0 Å². The fourth-order valence-electron chi connectivity index (χ4n) is 1.46. The Morgan fingerprint density at radius 1 is 1.56 bits per heavy atom. The normalized spacial score (nSPS) is 12.4. The summed E-state index contributed by atoms with van der Waals surface area (Å²) in [6, 6.07) is 4.06. The molecule has 4 heteroatoms. The van der Waals surface area contributed by atoms with E-state index in [2.05, 4.69) is 6.07 Å². The van der Waals surface area contributed by atoms with E-state index in [9.17, 15) is 4.79 Å². The summed E-state index contributed by atoms with van der Waals surface area (Å²) in [5, 5.41) is 2.03. The number of amides is 1. The van der Waals surface area contributed by atoms with Crippen LogP contribution in [0.2, 0.25) is 0 Å². The Labute approximate surface area is 101 Å². The Balaban J connectivity index is 2.50. The third-order valence-corrected chi connectivity index (χ3v) is 3.48. The number of carbonyl (C=O) groups excluding carboxylic acids is 1. The topological polar surface area (TPSA) is 46.3 Å². The monoisotopic (exact) mass is 240 g/mol. The first-order valence-corrected chi connectivity index (χ1v) is 6.61. The molecule has 0 bridgehead atoms. The lowest BCUT2D eigenvalue weighted by molar-refractivity contribution is -0.131. The number of hydrogen-bond donors (Lipinski definition) is 1. The minimum atomic E-state index is -0.00937. The van der Waals surface area contributed by atoms with Crippen molar-refractivity contribution >= 4 is 17.2 Å². The summed E-state index contributed by atoms with van der Waals surface area (Å²) in [5.41, 5.74) is 5.79. The summed E-state index contributed by atoms with van der Waals surface area (Å²) < 4.78 is 0. The third-order valence-electron chi connectivity index (χ3n) is 2.62. The molecule has 0 fully saturated rings. The van der Waals surface area contributed by atoms with Gasteiger partial charge in [0.05, 0.1) is 6.54 Å². The summed E-state index contributed by atoms with van der Waals surface area (Å²) in [6.07, 6.45) is 1.30. The molecule has 0 aromatic carbocycles. The Bertz CT molecular complexity index is 311. The molecular weight excluding hydrogens is 220 g/mol. The predicted molar refractivity (Wildman–Crippen MR) is 68.3 cm³/mol. The van der Waals surface area contributed by atoms with Crippen LogP contribution in [-0.4, -0.2) is 23.4 Å². The molecular formula is C12H20N2OS. The van der Waals surface area contributed by atoms with E-state index in [4.69, 9.17) is 5.73 Å². The highest BCUT2D eigenvalue weighted by molar-refractivity contribution is 7.09. The average molecular weight is 240 g/mol. The minimum Gasteiger partial charge on any atom is -0.338 e. The van der Waals surface area contributed by atoms with Crippen molar-refractivity contribution in [1.82, 2.24) is 4.90 Å². The predicted octanol–water partition coefficient (Wildman–Crippen LogP) is 2.22. The van der Waals surface area contributed by atoms with Crippen molar-refractivity contribution in [3.63, 3.8) is 0 Å². The van der Waals surface area contributed by atoms with Crippen LogP contribution in [-0.2, 0) is 11.3 Å². The Kier molecular flexibility index (Phi) is 5.49. The van der Waals surface area contributed by atoms with Crippen LogP contribution in [0.15, 0.2) is 17.5 Å². The third kappa shape index (κ3) is 3.94. The van der Waals surface area contributed by atoms with Crippen LogP contribution in [0, 0.1) is 0 Å². The Hall–Kier alpha value is -0.870. The maximum Gasteiger partial charge on any atom is 0.224 e. The number of hydrogen-bond acceptors (Lipinski definition) is 3. The second kappa shape index (κ2) is 6.66. The first-order chi connectivity index (χ1) is 7.67. The maximum atomic E-state index is 11.9. The van der Waals surface area contributed by atoms with Crippen molar-refractivity contribution in [3.05, 3.63) is 22.4 Å². The molecule has 3 nitrogen and oxygen atoms in total. The van der Waals surface area contributed by atoms with Crippen molar-refractivity contribution in [2.45, 2.75) is 39.3 Å². The number of thiophene rings is 1. The van der Waals surface area contributed by atoms with Gasteiger partial charge in [0.15, 0.2) is 0 Å². The molecule has 0 aliphatic heterocycles. The summed E-state index contributed by atoms with van der Waals surface area (Å²) in [4.78, 5) is 15.0. The fraction of sp³-hybridized carbons (Fsp3) is 0.583. The SMILES string of the molecule is CCC(N)CC(=O)N(CC)Cc1cccs1. The average Bonchev–Trinajstić information content (AvgIpc) is 2.78. The molecule has 1 unspecified atom stereocenters. The molecule has 90 valence electrons. The number of rotatable bonds is 6. The van der Waals surface area contributed by atoms with E-state index >= 15 is 0 Å². The molecule has 1 atom stereocenters. The van der Waals surface area contributed by atoms with E-state index in [1.807, 2.05) is 30.2 Å². The smallest absolute Gasteiger partial charge is 0.224 e. The molecule has 1 amide bonds. The van der Waals surface area contributed by atoms with Crippen molar-refractivity contribution in [2.24, 2.45) is 5.73 Å². The molecule has 0 aliphatic carbocycles. The molecule has 0 saturated heterocycles. The molecule has 1 aromatic heterocycles. The molecule has 16 heavy (non-hydrogen) atoms. The van der Waals surface area contributed by atoms with Crippen LogP contribution >= 0.6 is 11.3 Å². The number of nitrogens with two attached hydrogens (primary N) is 1. The minimum absolute atomic E-state index is 0.00937. The van der Waals surface area contributed by atoms with E-state index in [0.29, 0.717) is 13.0 Å². The molecule has 2 N–H and O–H groups in total. The Morgan fingerprint density at radius 3 is 2.81 bits per heavy atom. The second-order valence-corrected chi connectivity index (χ2v) is 4.89. The molecule has 0 saturated carbocycles. The van der Waals surface area contributed by atoms with Crippen LogP contribution in [0.4, 0.5) is 0 Å². The van der Waals surface area contributed by atoms with Crippen molar-refractivity contribution in [1.29, 1.82) is 0 Å². The van der Waals surface area contributed by atoms with Crippen molar-refractivity contribution in [2.75, 3.05) is 6.54 Å². The quantitative estimate of drug-likeness (QED) is 0.828. The van der Waals surface area contributed by atoms with Crippen LogP contribution in [0.3, 0.4) is 0 Å². The zero-order chi connectivity index (χ0) is 12.0. The van der Waals surface area contributed by atoms with Crippen LogP contribution in [0.5, 0.6) is 0 Å². The van der Waals surface area contributed by atoms with Gasteiger partial charge in [-0.2, -0.15) is 0 Å². The van der Waals surface area contributed by atoms with E-state index in [1.165, 1.54) is 4.88 Å². The van der Waals surface area contributed by atoms with Gasteiger partial charge in [0.25, 0.3) is 0 Å². The lowest BCUT2D eigenvalue weighted by Gasteiger charge is -2.21. The van der Waals surface area contributed by atoms with Gasteiger partial charge in [-0.15, -0.1) is 11.3 Å². The summed E-state index contributed by atoms with van der Waals surface area (Å²) in [6.45, 7) is 5.47. The fourth-order valence-corrected chi connectivity index (χ4v) is 2.18. The van der Waals surface area contributed by atoms with Gasteiger partial charge in [0.2, 0.25) is 5.91 Å². The highest BCUT2D eigenvalue weighted by Crippen LogP contribution is 2.13. The summed E-state index contributed by atoms with van der Waals surface area (Å²) in [7, 11) is 0. The molecule has 0 aliphatic rings. The van der Waals surface area contributed by atoms with Gasteiger partial charge in [0.1, 0.15) is 0 Å². The highest BCUT2D eigenvalue weighted by Gasteiger charge is 2.15. The van der Waals surface area contributed by atoms with Crippen molar-refractivity contribution in [3.8, 4) is 0 Å². The van der Waals surface area contributed by atoms with Crippen LogP contribution in [0.1, 0.15) is 31.6 Å². The zero-order valence-electron chi connectivity index (χ0n) is 9.98. The van der Waals surface area contributed by atoms with E-state index in [-0.39, 0.29) is 11.9 Å².